The van der Waals surface area contributed by atoms with Crippen LogP contribution in [0.2, 0.25) is 0 Å². The summed E-state index contributed by atoms with van der Waals surface area (Å²) in [7, 11) is -3.47. The van der Waals surface area contributed by atoms with Crippen LogP contribution in [-0.2, 0) is 26.9 Å². The summed E-state index contributed by atoms with van der Waals surface area (Å²) in [6, 6.07) is 14.7. The van der Waals surface area contributed by atoms with Gasteiger partial charge in [0.1, 0.15) is 19.8 Å². The predicted octanol–water partition coefficient (Wildman–Crippen LogP) is 2.78. The fourth-order valence-electron chi connectivity index (χ4n) is 3.58. The van der Waals surface area contributed by atoms with Gasteiger partial charge >= 0.3 is 6.09 Å². The number of nitrogens with zero attached hydrogens (tertiary/aromatic N) is 1. The number of hydrogen-bond acceptors (Lipinski definition) is 6. The molecule has 0 saturated carbocycles. The predicted molar refractivity (Wildman–Crippen MR) is 107 cm³/mol. The normalized spacial score (nSPS) is 18.5. The molecule has 0 aliphatic carbocycles. The monoisotopic (exact) mass is 417 g/mol. The Balaban J connectivity index is 1.37. The van der Waals surface area contributed by atoms with Gasteiger partial charge in [0.25, 0.3) is 0 Å². The average Bonchev–Trinajstić information content (AvgIpc) is 3.24. The van der Waals surface area contributed by atoms with Crippen LogP contribution in [0.3, 0.4) is 0 Å². The van der Waals surface area contributed by atoms with Crippen molar-refractivity contribution in [3.05, 3.63) is 59.7 Å². The molecule has 1 amide bonds. The highest BCUT2D eigenvalue weighted by molar-refractivity contribution is 7.91. The number of likely N-dealkylation sites (tertiary alicyclic amines) is 1. The minimum atomic E-state index is -3.47. The maximum Gasteiger partial charge on any atom is 0.410 e. The van der Waals surface area contributed by atoms with Crippen molar-refractivity contribution >= 4 is 15.9 Å². The van der Waals surface area contributed by atoms with E-state index in [1.54, 1.807) is 18.2 Å². The van der Waals surface area contributed by atoms with Crippen molar-refractivity contribution in [1.29, 1.82) is 0 Å². The van der Waals surface area contributed by atoms with Gasteiger partial charge in [-0.15, -0.1) is 0 Å². The molecule has 154 valence electrons. The highest BCUT2D eigenvalue weighted by atomic mass is 32.2. The zero-order chi connectivity index (χ0) is 20.3. The number of carbonyl (C=O) groups excluding carboxylic acids is 1. The lowest BCUT2D eigenvalue weighted by atomic mass is 10.2. The lowest BCUT2D eigenvalue weighted by Gasteiger charge is -2.21. The van der Waals surface area contributed by atoms with E-state index in [2.05, 4.69) is 0 Å². The van der Waals surface area contributed by atoms with E-state index in [-0.39, 0.29) is 18.9 Å². The van der Waals surface area contributed by atoms with Gasteiger partial charge in [-0.3, -0.25) is 0 Å². The number of carbonyl (C=O) groups is 1. The molecular formula is C21H23NO6S. The Kier molecular flexibility index (Phi) is 5.62. The first-order chi connectivity index (χ1) is 14.0. The zero-order valence-corrected chi connectivity index (χ0v) is 16.8. The number of amides is 1. The molecule has 1 saturated heterocycles. The van der Waals surface area contributed by atoms with Crippen LogP contribution in [-0.4, -0.2) is 51.0 Å². The molecule has 1 atom stereocenters. The summed E-state index contributed by atoms with van der Waals surface area (Å²) in [4.78, 5) is 13.8. The van der Waals surface area contributed by atoms with Crippen LogP contribution in [0, 0.1) is 0 Å². The SMILES string of the molecule is O=C(OCc1ccccc1)N1CCC(S(=O)(=O)Cc2cccc3c2OCCO3)C1. The van der Waals surface area contributed by atoms with Crippen molar-refractivity contribution in [2.75, 3.05) is 26.3 Å². The van der Waals surface area contributed by atoms with Crippen LogP contribution >= 0.6 is 0 Å². The molecule has 0 N–H and O–H groups in total. The van der Waals surface area contributed by atoms with Gasteiger partial charge in [0.05, 0.1) is 11.0 Å². The minimum absolute atomic E-state index is 0.141. The van der Waals surface area contributed by atoms with Gasteiger partial charge in [0.15, 0.2) is 21.3 Å². The molecule has 2 aliphatic rings. The topological polar surface area (TPSA) is 82.1 Å². The Morgan fingerprint density at radius 1 is 1.07 bits per heavy atom. The van der Waals surface area contributed by atoms with Gasteiger partial charge in [-0.05, 0) is 18.1 Å². The second kappa shape index (κ2) is 8.32. The summed E-state index contributed by atoms with van der Waals surface area (Å²) in [5, 5.41) is -0.618. The molecule has 0 radical (unpaired) electrons. The standard InChI is InChI=1S/C21H23NO6S/c23-21(28-14-16-5-2-1-3-6-16)22-10-9-18(13-22)29(24,25)15-17-7-4-8-19-20(17)27-12-11-26-19/h1-8,18H,9-15H2. The average molecular weight is 417 g/mol. The molecule has 1 unspecified atom stereocenters. The van der Waals surface area contributed by atoms with Gasteiger partial charge in [0, 0.05) is 18.7 Å². The second-order valence-electron chi connectivity index (χ2n) is 7.15. The lowest BCUT2D eigenvalue weighted by Crippen LogP contribution is -2.32. The van der Waals surface area contributed by atoms with Crippen LogP contribution in [0.5, 0.6) is 11.5 Å². The van der Waals surface area contributed by atoms with Gasteiger partial charge in [0.2, 0.25) is 0 Å². The molecule has 7 nitrogen and oxygen atoms in total. The lowest BCUT2D eigenvalue weighted by molar-refractivity contribution is 0.104. The third-order valence-corrected chi connectivity index (χ3v) is 7.23. The van der Waals surface area contributed by atoms with Crippen LogP contribution in [0.1, 0.15) is 17.5 Å². The van der Waals surface area contributed by atoms with Crippen molar-refractivity contribution < 1.29 is 27.4 Å². The molecule has 2 heterocycles. The second-order valence-corrected chi connectivity index (χ2v) is 9.43. The van der Waals surface area contributed by atoms with Gasteiger partial charge in [-0.1, -0.05) is 42.5 Å². The highest BCUT2D eigenvalue weighted by Crippen LogP contribution is 2.35. The summed E-state index contributed by atoms with van der Waals surface area (Å²) in [5.74, 6) is 0.929. The summed E-state index contributed by atoms with van der Waals surface area (Å²) in [6.07, 6.45) is -0.0878. The molecule has 0 spiro atoms. The van der Waals surface area contributed by atoms with Gasteiger partial charge < -0.3 is 19.1 Å². The van der Waals surface area contributed by atoms with Crippen molar-refractivity contribution in [2.45, 2.75) is 24.0 Å². The molecule has 1 fully saturated rings. The fourth-order valence-corrected chi connectivity index (χ4v) is 5.35. The number of para-hydroxylation sites is 1. The van der Waals surface area contributed by atoms with E-state index >= 15 is 0 Å². The Bertz CT molecular complexity index is 976. The number of benzene rings is 2. The number of fused-ring (bicyclic) bond motifs is 1. The first kappa shape index (κ1) is 19.6. The van der Waals surface area contributed by atoms with E-state index in [1.165, 1.54) is 4.90 Å². The third kappa shape index (κ3) is 4.48. The zero-order valence-electron chi connectivity index (χ0n) is 16.0. The van der Waals surface area contributed by atoms with Crippen LogP contribution in [0.25, 0.3) is 0 Å². The van der Waals surface area contributed by atoms with E-state index in [1.807, 2.05) is 30.3 Å². The summed E-state index contributed by atoms with van der Waals surface area (Å²) < 4.78 is 42.4. The molecule has 0 aromatic heterocycles. The maximum absolute atomic E-state index is 13.0. The number of sulfone groups is 1. The first-order valence-corrected chi connectivity index (χ1v) is 11.3. The molecule has 0 bridgehead atoms. The summed E-state index contributed by atoms with van der Waals surface area (Å²) >= 11 is 0. The van der Waals surface area contributed by atoms with Crippen LogP contribution in [0.4, 0.5) is 4.79 Å². The van der Waals surface area contributed by atoms with E-state index in [0.29, 0.717) is 43.2 Å². The first-order valence-electron chi connectivity index (χ1n) is 9.57. The van der Waals surface area contributed by atoms with Crippen molar-refractivity contribution in [3.63, 3.8) is 0 Å². The smallest absolute Gasteiger partial charge is 0.410 e. The number of rotatable bonds is 5. The molecular weight excluding hydrogens is 394 g/mol. The Morgan fingerprint density at radius 3 is 2.69 bits per heavy atom. The van der Waals surface area contributed by atoms with Gasteiger partial charge in [-0.2, -0.15) is 0 Å². The number of hydrogen-bond donors (Lipinski definition) is 0. The Morgan fingerprint density at radius 2 is 1.86 bits per heavy atom. The van der Waals surface area contributed by atoms with Gasteiger partial charge in [-0.25, -0.2) is 13.2 Å². The summed E-state index contributed by atoms with van der Waals surface area (Å²) in [6.45, 7) is 1.52. The van der Waals surface area contributed by atoms with E-state index in [0.717, 1.165) is 5.56 Å². The summed E-state index contributed by atoms with van der Waals surface area (Å²) in [5.41, 5.74) is 1.48. The largest absolute Gasteiger partial charge is 0.486 e. The third-order valence-electron chi connectivity index (χ3n) is 5.12. The molecule has 29 heavy (non-hydrogen) atoms. The molecule has 2 aliphatic heterocycles. The maximum atomic E-state index is 13.0. The minimum Gasteiger partial charge on any atom is -0.486 e. The van der Waals surface area contributed by atoms with E-state index in [4.69, 9.17) is 14.2 Å². The van der Waals surface area contributed by atoms with Crippen molar-refractivity contribution in [2.24, 2.45) is 0 Å². The van der Waals surface area contributed by atoms with Crippen LogP contribution in [0.15, 0.2) is 48.5 Å². The highest BCUT2D eigenvalue weighted by Gasteiger charge is 2.36. The molecule has 2 aromatic carbocycles. The fraction of sp³-hybridized carbons (Fsp3) is 0.381. The van der Waals surface area contributed by atoms with Crippen molar-refractivity contribution in [3.8, 4) is 11.5 Å². The van der Waals surface area contributed by atoms with E-state index < -0.39 is 21.2 Å². The van der Waals surface area contributed by atoms with E-state index in [9.17, 15) is 13.2 Å². The molecule has 8 heteroatoms. The Labute approximate surface area is 170 Å². The molecule has 2 aromatic rings. The van der Waals surface area contributed by atoms with Crippen LogP contribution < -0.4 is 9.47 Å². The quantitative estimate of drug-likeness (QED) is 0.744. The Hall–Kier alpha value is -2.74. The van der Waals surface area contributed by atoms with Crippen molar-refractivity contribution in [1.82, 2.24) is 4.90 Å². The number of ether oxygens (including phenoxy) is 3. The molecule has 4 rings (SSSR count).